The number of nitrogens with one attached hydrogen (secondary N) is 2. The fraction of sp³-hybridized carbons (Fsp3) is 0.562. The standard InChI is InChI=1S/C16H24N2OS.ClH/c1-12(2)15(20-14-8-4-3-5-9-14)16(19)18-13-7-6-10-17-11-13;/h3-5,8-9,12-13,15,17H,6-7,10-11H2,1-2H3,(H,18,19);1H/t13-,15?;/m0./s1. The molecule has 1 unspecified atom stereocenters. The van der Waals surface area contributed by atoms with Crippen LogP contribution in [0.25, 0.3) is 0 Å². The number of halogens is 1. The number of piperidine rings is 1. The Kier molecular flexibility index (Phi) is 8.15. The Morgan fingerprint density at radius 1 is 1.33 bits per heavy atom. The molecule has 3 nitrogen and oxygen atoms in total. The van der Waals surface area contributed by atoms with E-state index in [0.29, 0.717) is 5.92 Å². The molecule has 118 valence electrons. The van der Waals surface area contributed by atoms with E-state index in [-0.39, 0.29) is 29.6 Å². The number of benzene rings is 1. The summed E-state index contributed by atoms with van der Waals surface area (Å²) in [5.41, 5.74) is 0. The summed E-state index contributed by atoms with van der Waals surface area (Å²) in [5.74, 6) is 0.485. The first-order chi connectivity index (χ1) is 9.66. The molecule has 1 aromatic rings. The minimum Gasteiger partial charge on any atom is -0.351 e. The van der Waals surface area contributed by atoms with Crippen LogP contribution in [0.3, 0.4) is 0 Å². The molecule has 0 radical (unpaired) electrons. The number of thioether (sulfide) groups is 1. The number of hydrogen-bond donors (Lipinski definition) is 2. The predicted octanol–water partition coefficient (Wildman–Crippen LogP) is 3.09. The molecule has 1 saturated heterocycles. The molecule has 21 heavy (non-hydrogen) atoms. The van der Waals surface area contributed by atoms with Crippen LogP contribution in [0.4, 0.5) is 0 Å². The Bertz CT molecular complexity index is 422. The largest absolute Gasteiger partial charge is 0.351 e. The van der Waals surface area contributed by atoms with Crippen LogP contribution in [-0.2, 0) is 4.79 Å². The third-order valence-electron chi connectivity index (χ3n) is 3.51. The first kappa shape index (κ1) is 18.3. The van der Waals surface area contributed by atoms with Crippen molar-refractivity contribution in [3.8, 4) is 0 Å². The van der Waals surface area contributed by atoms with Gasteiger partial charge in [-0.15, -0.1) is 24.2 Å². The summed E-state index contributed by atoms with van der Waals surface area (Å²) in [4.78, 5) is 13.7. The fourth-order valence-corrected chi connectivity index (χ4v) is 3.45. The summed E-state index contributed by atoms with van der Waals surface area (Å²) in [6, 6.07) is 10.5. The second kappa shape index (κ2) is 9.34. The van der Waals surface area contributed by atoms with Crippen molar-refractivity contribution in [2.24, 2.45) is 5.92 Å². The first-order valence-corrected chi connectivity index (χ1v) is 8.27. The zero-order valence-electron chi connectivity index (χ0n) is 12.7. The van der Waals surface area contributed by atoms with Crippen molar-refractivity contribution in [1.29, 1.82) is 0 Å². The highest BCUT2D eigenvalue weighted by Gasteiger charge is 2.26. The normalized spacial score (nSPS) is 19.7. The molecular weight excluding hydrogens is 304 g/mol. The molecule has 0 aliphatic carbocycles. The SMILES string of the molecule is CC(C)C(Sc1ccccc1)C(=O)N[C@H]1CCCNC1.Cl. The van der Waals surface area contributed by atoms with Gasteiger partial charge in [-0.25, -0.2) is 0 Å². The van der Waals surface area contributed by atoms with Crippen molar-refractivity contribution >= 4 is 30.1 Å². The van der Waals surface area contributed by atoms with Crippen molar-refractivity contribution in [3.05, 3.63) is 30.3 Å². The third kappa shape index (κ3) is 5.89. The maximum absolute atomic E-state index is 12.5. The summed E-state index contributed by atoms with van der Waals surface area (Å²) in [6.45, 7) is 6.18. The second-order valence-electron chi connectivity index (χ2n) is 5.65. The lowest BCUT2D eigenvalue weighted by Crippen LogP contribution is -2.49. The van der Waals surface area contributed by atoms with Gasteiger partial charge in [0.15, 0.2) is 0 Å². The number of rotatable bonds is 5. The van der Waals surface area contributed by atoms with Crippen molar-refractivity contribution < 1.29 is 4.79 Å². The Balaban J connectivity index is 0.00000220. The van der Waals surface area contributed by atoms with Gasteiger partial charge in [0.2, 0.25) is 5.91 Å². The van der Waals surface area contributed by atoms with Gasteiger partial charge in [-0.3, -0.25) is 4.79 Å². The average molecular weight is 329 g/mol. The minimum atomic E-state index is -0.0284. The Hall–Kier alpha value is -0.710. The summed E-state index contributed by atoms with van der Waals surface area (Å²) in [5, 5.41) is 6.51. The molecule has 1 aliphatic heterocycles. The van der Waals surface area contributed by atoms with Crippen LogP contribution in [0.1, 0.15) is 26.7 Å². The van der Waals surface area contributed by atoms with Gasteiger partial charge in [0, 0.05) is 17.5 Å². The highest BCUT2D eigenvalue weighted by molar-refractivity contribution is 8.00. The van der Waals surface area contributed by atoms with E-state index in [1.165, 1.54) is 0 Å². The Morgan fingerprint density at radius 3 is 2.62 bits per heavy atom. The fourth-order valence-electron chi connectivity index (χ4n) is 2.40. The molecule has 1 heterocycles. The van der Waals surface area contributed by atoms with E-state index in [0.717, 1.165) is 30.8 Å². The third-order valence-corrected chi connectivity index (χ3v) is 5.07. The molecule has 0 spiro atoms. The highest BCUT2D eigenvalue weighted by Crippen LogP contribution is 2.28. The van der Waals surface area contributed by atoms with Gasteiger partial charge in [0.1, 0.15) is 0 Å². The lowest BCUT2D eigenvalue weighted by molar-refractivity contribution is -0.122. The van der Waals surface area contributed by atoms with Crippen LogP contribution >= 0.6 is 24.2 Å². The maximum Gasteiger partial charge on any atom is 0.234 e. The van der Waals surface area contributed by atoms with Gasteiger partial charge < -0.3 is 10.6 Å². The van der Waals surface area contributed by atoms with Crippen molar-refractivity contribution in [2.45, 2.75) is 42.9 Å². The van der Waals surface area contributed by atoms with E-state index < -0.39 is 0 Å². The molecule has 5 heteroatoms. The van der Waals surface area contributed by atoms with E-state index in [9.17, 15) is 4.79 Å². The molecule has 2 rings (SSSR count). The van der Waals surface area contributed by atoms with Crippen molar-refractivity contribution in [1.82, 2.24) is 10.6 Å². The van der Waals surface area contributed by atoms with Gasteiger partial charge in [0.05, 0.1) is 5.25 Å². The molecular formula is C16H25ClN2OS. The number of carbonyl (C=O) groups excluding carboxylic acids is 1. The van der Waals surface area contributed by atoms with Crippen LogP contribution in [-0.4, -0.2) is 30.3 Å². The maximum atomic E-state index is 12.5. The zero-order valence-corrected chi connectivity index (χ0v) is 14.3. The van der Waals surface area contributed by atoms with Crippen LogP contribution in [0.2, 0.25) is 0 Å². The summed E-state index contributed by atoms with van der Waals surface area (Å²) in [6.07, 6.45) is 2.22. The van der Waals surface area contributed by atoms with Gasteiger partial charge in [-0.1, -0.05) is 32.0 Å². The zero-order chi connectivity index (χ0) is 14.4. The van der Waals surface area contributed by atoms with Gasteiger partial charge >= 0.3 is 0 Å². The molecule has 0 saturated carbocycles. The minimum absolute atomic E-state index is 0. The predicted molar refractivity (Wildman–Crippen MR) is 92.2 cm³/mol. The monoisotopic (exact) mass is 328 g/mol. The van der Waals surface area contributed by atoms with Gasteiger partial charge in [-0.05, 0) is 37.4 Å². The van der Waals surface area contributed by atoms with E-state index in [4.69, 9.17) is 0 Å². The number of hydrogen-bond acceptors (Lipinski definition) is 3. The van der Waals surface area contributed by atoms with E-state index in [1.54, 1.807) is 11.8 Å². The topological polar surface area (TPSA) is 41.1 Å². The molecule has 1 aromatic carbocycles. The summed E-state index contributed by atoms with van der Waals surface area (Å²) >= 11 is 1.66. The van der Waals surface area contributed by atoms with Crippen molar-refractivity contribution in [2.75, 3.05) is 13.1 Å². The summed E-state index contributed by atoms with van der Waals surface area (Å²) < 4.78 is 0. The van der Waals surface area contributed by atoms with Crippen molar-refractivity contribution in [3.63, 3.8) is 0 Å². The van der Waals surface area contributed by atoms with Gasteiger partial charge in [0.25, 0.3) is 0 Å². The average Bonchev–Trinajstić information content (AvgIpc) is 2.46. The lowest BCUT2D eigenvalue weighted by Gasteiger charge is -2.27. The van der Waals surface area contributed by atoms with Crippen LogP contribution < -0.4 is 10.6 Å². The molecule has 1 fully saturated rings. The molecule has 2 atom stereocenters. The van der Waals surface area contributed by atoms with Gasteiger partial charge in [-0.2, -0.15) is 0 Å². The Labute approximate surface area is 138 Å². The second-order valence-corrected chi connectivity index (χ2v) is 6.86. The molecule has 2 N–H and O–H groups in total. The molecule has 1 amide bonds. The quantitative estimate of drug-likeness (QED) is 0.816. The van der Waals surface area contributed by atoms with E-state index in [2.05, 4.69) is 36.6 Å². The molecule has 0 bridgehead atoms. The van der Waals surface area contributed by atoms with E-state index >= 15 is 0 Å². The number of carbonyl (C=O) groups is 1. The molecule has 1 aliphatic rings. The van der Waals surface area contributed by atoms with Crippen LogP contribution in [0, 0.1) is 5.92 Å². The van der Waals surface area contributed by atoms with E-state index in [1.807, 2.05) is 18.2 Å². The lowest BCUT2D eigenvalue weighted by atomic mass is 10.1. The summed E-state index contributed by atoms with van der Waals surface area (Å²) in [7, 11) is 0. The van der Waals surface area contributed by atoms with Crippen LogP contribution in [0.15, 0.2) is 35.2 Å². The first-order valence-electron chi connectivity index (χ1n) is 7.39. The number of amides is 1. The highest BCUT2D eigenvalue weighted by atomic mass is 35.5. The Morgan fingerprint density at radius 2 is 2.05 bits per heavy atom. The smallest absolute Gasteiger partial charge is 0.234 e. The molecule has 0 aromatic heterocycles. The van der Waals surface area contributed by atoms with Crippen LogP contribution in [0.5, 0.6) is 0 Å².